The van der Waals surface area contributed by atoms with Crippen molar-refractivity contribution in [3.63, 3.8) is 0 Å². The molecule has 0 N–H and O–H groups in total. The van der Waals surface area contributed by atoms with Crippen molar-refractivity contribution < 1.29 is 4.57 Å². The lowest BCUT2D eigenvalue weighted by molar-refractivity contribution is -0.660. The van der Waals surface area contributed by atoms with Crippen LogP contribution in [-0.2, 0) is 13.5 Å². The molecule has 1 heteroatoms. The summed E-state index contributed by atoms with van der Waals surface area (Å²) in [7, 11) is 2.17. The maximum absolute atomic E-state index is 2.36. The lowest BCUT2D eigenvalue weighted by Gasteiger charge is -2.14. The number of pyridine rings is 1. The van der Waals surface area contributed by atoms with Crippen molar-refractivity contribution in [2.24, 2.45) is 7.05 Å². The maximum Gasteiger partial charge on any atom is 0.213 e. The molecule has 0 bridgehead atoms. The molecule has 1 aromatic heterocycles. The molecule has 0 amide bonds. The third-order valence-corrected chi connectivity index (χ3v) is 5.86. The minimum Gasteiger partial charge on any atom is -0.201 e. The van der Waals surface area contributed by atoms with E-state index < -0.39 is 0 Å². The summed E-state index contributed by atoms with van der Waals surface area (Å²) in [6.45, 7) is 11.1. The van der Waals surface area contributed by atoms with Gasteiger partial charge in [-0.05, 0) is 85.5 Å². The van der Waals surface area contributed by atoms with E-state index in [0.717, 1.165) is 6.42 Å². The Kier molecular flexibility index (Phi) is 3.57. The van der Waals surface area contributed by atoms with E-state index >= 15 is 0 Å². The molecule has 25 heavy (non-hydrogen) atoms. The average Bonchev–Trinajstić information content (AvgIpc) is 2.93. The van der Waals surface area contributed by atoms with Gasteiger partial charge in [0.15, 0.2) is 6.20 Å². The normalized spacial score (nSPS) is 12.2. The number of aryl methyl sites for hydroxylation is 6. The highest BCUT2D eigenvalue weighted by atomic mass is 14.9. The third-order valence-electron chi connectivity index (χ3n) is 5.86. The summed E-state index contributed by atoms with van der Waals surface area (Å²) in [5.41, 5.74) is 15.5. The molecule has 0 fully saturated rings. The third kappa shape index (κ3) is 2.33. The molecule has 1 aliphatic carbocycles. The Hall–Kier alpha value is -2.41. The molecule has 0 unspecified atom stereocenters. The number of hydrogen-bond acceptors (Lipinski definition) is 0. The highest BCUT2D eigenvalue weighted by Crippen LogP contribution is 2.45. The molecule has 0 atom stereocenters. The monoisotopic (exact) mass is 328 g/mol. The van der Waals surface area contributed by atoms with Gasteiger partial charge in [0.05, 0.1) is 5.56 Å². The van der Waals surface area contributed by atoms with Gasteiger partial charge in [-0.1, -0.05) is 24.3 Å². The second-order valence-electron chi connectivity index (χ2n) is 7.65. The van der Waals surface area contributed by atoms with E-state index in [4.69, 9.17) is 0 Å². The van der Waals surface area contributed by atoms with E-state index in [1.807, 2.05) is 0 Å². The Morgan fingerprint density at radius 3 is 2.20 bits per heavy atom. The fourth-order valence-electron chi connectivity index (χ4n) is 4.46. The van der Waals surface area contributed by atoms with Crippen LogP contribution in [0.25, 0.3) is 22.4 Å². The van der Waals surface area contributed by atoms with Gasteiger partial charge in [-0.3, -0.25) is 0 Å². The largest absolute Gasteiger partial charge is 0.213 e. The van der Waals surface area contributed by atoms with Crippen molar-refractivity contribution in [1.29, 1.82) is 0 Å². The minimum absolute atomic E-state index is 1.04. The lowest BCUT2D eigenvalue weighted by atomic mass is 9.90. The van der Waals surface area contributed by atoms with Crippen LogP contribution < -0.4 is 4.57 Å². The smallest absolute Gasteiger partial charge is 0.201 e. The molecule has 4 rings (SSSR count). The molecular weight excluding hydrogens is 302 g/mol. The summed E-state index contributed by atoms with van der Waals surface area (Å²) in [5.74, 6) is 0. The zero-order valence-corrected chi connectivity index (χ0v) is 16.1. The first-order valence-electron chi connectivity index (χ1n) is 9.07. The second-order valence-corrected chi connectivity index (χ2v) is 7.65. The van der Waals surface area contributed by atoms with Gasteiger partial charge in [0.25, 0.3) is 0 Å². The van der Waals surface area contributed by atoms with Crippen LogP contribution in [0.1, 0.15) is 38.9 Å². The van der Waals surface area contributed by atoms with Gasteiger partial charge in [-0.15, -0.1) is 0 Å². The second kappa shape index (κ2) is 5.56. The quantitative estimate of drug-likeness (QED) is 0.418. The fourth-order valence-corrected chi connectivity index (χ4v) is 4.46. The molecule has 0 radical (unpaired) electrons. The molecule has 0 spiro atoms. The molecule has 1 heterocycles. The van der Waals surface area contributed by atoms with Gasteiger partial charge in [-0.25, -0.2) is 4.57 Å². The van der Waals surface area contributed by atoms with Crippen LogP contribution in [0.4, 0.5) is 0 Å². The Labute approximate surface area is 151 Å². The summed E-state index contributed by atoms with van der Waals surface area (Å²) in [6.07, 6.45) is 3.30. The van der Waals surface area contributed by atoms with Crippen LogP contribution in [0.2, 0.25) is 0 Å². The number of fused-ring (bicyclic) bond motifs is 3. The van der Waals surface area contributed by atoms with Crippen molar-refractivity contribution in [2.75, 3.05) is 0 Å². The summed E-state index contributed by atoms with van der Waals surface area (Å²) in [4.78, 5) is 0. The number of hydrogen-bond donors (Lipinski definition) is 0. The maximum atomic E-state index is 2.36. The van der Waals surface area contributed by atoms with E-state index in [0.29, 0.717) is 0 Å². The molecule has 0 saturated carbocycles. The summed E-state index contributed by atoms with van der Waals surface area (Å²) < 4.78 is 2.29. The zero-order valence-electron chi connectivity index (χ0n) is 16.1. The van der Waals surface area contributed by atoms with Crippen LogP contribution in [0.3, 0.4) is 0 Å². The van der Waals surface area contributed by atoms with Gasteiger partial charge in [0.1, 0.15) is 7.05 Å². The van der Waals surface area contributed by atoms with E-state index in [-0.39, 0.29) is 0 Å². The van der Waals surface area contributed by atoms with Crippen molar-refractivity contribution >= 4 is 0 Å². The SMILES string of the molecule is Cc1cc(-c2c(C)cc(C)c3c2Cc2c(C)cccc2-3)[n+](C)cc1C. The summed E-state index contributed by atoms with van der Waals surface area (Å²) in [6, 6.07) is 11.4. The molecule has 0 aliphatic heterocycles. The van der Waals surface area contributed by atoms with Crippen LogP contribution in [0.15, 0.2) is 36.5 Å². The average molecular weight is 328 g/mol. The number of aromatic nitrogens is 1. The van der Waals surface area contributed by atoms with E-state index in [2.05, 4.69) is 82.8 Å². The highest BCUT2D eigenvalue weighted by Gasteiger charge is 2.28. The summed E-state index contributed by atoms with van der Waals surface area (Å²) in [5, 5.41) is 0. The Morgan fingerprint density at radius 1 is 0.720 bits per heavy atom. The predicted molar refractivity (Wildman–Crippen MR) is 105 cm³/mol. The minimum atomic E-state index is 1.04. The number of benzene rings is 2. The molecule has 1 aliphatic rings. The highest BCUT2D eigenvalue weighted by molar-refractivity contribution is 5.87. The molecule has 3 aromatic rings. The predicted octanol–water partition coefficient (Wildman–Crippen LogP) is 5.29. The van der Waals surface area contributed by atoms with Crippen LogP contribution in [0.5, 0.6) is 0 Å². The van der Waals surface area contributed by atoms with Crippen LogP contribution in [0, 0.1) is 34.6 Å². The fraction of sp³-hybridized carbons (Fsp3) is 0.292. The van der Waals surface area contributed by atoms with Gasteiger partial charge < -0.3 is 0 Å². The molecule has 0 saturated heterocycles. The van der Waals surface area contributed by atoms with Crippen molar-refractivity contribution in [3.8, 4) is 22.4 Å². The molecular formula is C24H26N+. The molecule has 1 nitrogen and oxygen atoms in total. The number of rotatable bonds is 1. The van der Waals surface area contributed by atoms with Crippen molar-refractivity contribution in [1.82, 2.24) is 0 Å². The van der Waals surface area contributed by atoms with E-state index in [9.17, 15) is 0 Å². The standard InChI is InChI=1S/C24H26N/c1-14-8-7-9-19-20(14)12-21-23(19)16(3)10-17(4)24(21)22-11-15(2)18(5)13-25(22)6/h7-11,13H,12H2,1-6H3/q+1. The van der Waals surface area contributed by atoms with E-state index in [1.165, 1.54) is 61.3 Å². The van der Waals surface area contributed by atoms with E-state index in [1.54, 1.807) is 0 Å². The van der Waals surface area contributed by atoms with Gasteiger partial charge in [0.2, 0.25) is 5.69 Å². The Morgan fingerprint density at radius 2 is 1.44 bits per heavy atom. The number of nitrogens with zero attached hydrogens (tertiary/aromatic N) is 1. The van der Waals surface area contributed by atoms with Crippen molar-refractivity contribution in [3.05, 3.63) is 75.5 Å². The first kappa shape index (κ1) is 16.1. The topological polar surface area (TPSA) is 3.88 Å². The molecule has 2 aromatic carbocycles. The van der Waals surface area contributed by atoms with Gasteiger partial charge >= 0.3 is 0 Å². The zero-order chi connectivity index (χ0) is 17.9. The van der Waals surface area contributed by atoms with Crippen molar-refractivity contribution in [2.45, 2.75) is 41.0 Å². The first-order valence-corrected chi connectivity index (χ1v) is 9.07. The first-order chi connectivity index (χ1) is 11.9. The lowest BCUT2D eigenvalue weighted by Crippen LogP contribution is -2.32. The Bertz CT molecular complexity index is 1020. The van der Waals surface area contributed by atoms with Gasteiger partial charge in [-0.2, -0.15) is 0 Å². The van der Waals surface area contributed by atoms with Crippen LogP contribution >= 0.6 is 0 Å². The molecule has 126 valence electrons. The van der Waals surface area contributed by atoms with Gasteiger partial charge in [0, 0.05) is 11.6 Å². The van der Waals surface area contributed by atoms with Crippen LogP contribution in [-0.4, -0.2) is 0 Å². The Balaban J connectivity index is 2.06. The summed E-state index contributed by atoms with van der Waals surface area (Å²) >= 11 is 0.